The molecule has 2 saturated heterocycles. The summed E-state index contributed by atoms with van der Waals surface area (Å²) in [4.78, 5) is 15.5. The van der Waals surface area contributed by atoms with Gasteiger partial charge in [-0.3, -0.25) is 0 Å². The minimum atomic E-state index is -3.56. The average Bonchev–Trinajstić information content (AvgIpc) is 3.42. The number of rotatable bonds is 5. The number of aromatic nitrogens is 4. The lowest BCUT2D eigenvalue weighted by molar-refractivity contribution is 0.451. The number of anilines is 1. The fourth-order valence-corrected chi connectivity index (χ4v) is 6.23. The van der Waals surface area contributed by atoms with Crippen LogP contribution in [0.2, 0.25) is 0 Å². The van der Waals surface area contributed by atoms with Gasteiger partial charge in [0.2, 0.25) is 10.0 Å². The van der Waals surface area contributed by atoms with Gasteiger partial charge in [-0.15, -0.1) is 0 Å². The third-order valence-corrected chi connectivity index (χ3v) is 7.92. The van der Waals surface area contributed by atoms with Crippen LogP contribution in [-0.2, 0) is 22.3 Å². The molecule has 2 fully saturated rings. The molecule has 4 heterocycles. The van der Waals surface area contributed by atoms with Crippen molar-refractivity contribution in [2.45, 2.75) is 19.2 Å². The molecule has 8 nitrogen and oxygen atoms in total. The van der Waals surface area contributed by atoms with Gasteiger partial charge in [-0.1, -0.05) is 18.2 Å². The second kappa shape index (κ2) is 7.28. The summed E-state index contributed by atoms with van der Waals surface area (Å²) in [5.41, 5.74) is 1.81. The summed E-state index contributed by atoms with van der Waals surface area (Å²) in [5.74, 6) is 0.467. The number of benzene rings is 1. The number of sulfonamides is 1. The molecule has 2 aromatic heterocycles. The first-order valence-corrected chi connectivity index (χ1v) is 11.7. The van der Waals surface area contributed by atoms with Crippen molar-refractivity contribution in [3.05, 3.63) is 48.3 Å². The molecule has 2 aliphatic heterocycles. The van der Waals surface area contributed by atoms with E-state index in [1.165, 1.54) is 16.4 Å². The van der Waals surface area contributed by atoms with Crippen LogP contribution in [-0.4, -0.2) is 58.4 Å². The largest absolute Gasteiger partial charge is 0.354 e. The Kier molecular flexibility index (Phi) is 4.70. The topological polar surface area (TPSA) is 84.2 Å². The van der Waals surface area contributed by atoms with E-state index in [2.05, 4.69) is 19.9 Å². The van der Waals surface area contributed by atoms with E-state index < -0.39 is 15.8 Å². The highest BCUT2D eigenvalue weighted by molar-refractivity contribution is 7.88. The number of nitrogens with zero attached hydrogens (tertiary/aromatic N) is 6. The van der Waals surface area contributed by atoms with Crippen molar-refractivity contribution in [1.82, 2.24) is 23.8 Å². The van der Waals surface area contributed by atoms with Gasteiger partial charge in [0.15, 0.2) is 17.0 Å². The monoisotopic (exact) mass is 430 g/mol. The van der Waals surface area contributed by atoms with Crippen LogP contribution in [0, 0.1) is 17.7 Å². The van der Waals surface area contributed by atoms with E-state index in [-0.39, 0.29) is 23.2 Å². The van der Waals surface area contributed by atoms with Gasteiger partial charge in [-0.25, -0.2) is 32.1 Å². The van der Waals surface area contributed by atoms with Gasteiger partial charge in [0.1, 0.15) is 12.1 Å². The predicted octanol–water partition coefficient (Wildman–Crippen LogP) is 1.88. The summed E-state index contributed by atoms with van der Waals surface area (Å²) in [5, 5.41) is 0. The second-order valence-electron chi connectivity index (χ2n) is 7.99. The van der Waals surface area contributed by atoms with Crippen LogP contribution in [0.4, 0.5) is 10.2 Å². The Morgan fingerprint density at radius 1 is 1.07 bits per heavy atom. The summed E-state index contributed by atoms with van der Waals surface area (Å²) in [6.07, 6.45) is 3.33. The van der Waals surface area contributed by atoms with Gasteiger partial charge in [-0.2, -0.15) is 0 Å². The molecule has 0 bridgehead atoms. The Balaban J connectivity index is 1.31. The van der Waals surface area contributed by atoms with E-state index >= 15 is 0 Å². The highest BCUT2D eigenvalue weighted by Gasteiger charge is 2.44. The number of hydrogen-bond donors (Lipinski definition) is 0. The smallest absolute Gasteiger partial charge is 0.218 e. The van der Waals surface area contributed by atoms with Gasteiger partial charge >= 0.3 is 0 Å². The highest BCUT2D eigenvalue weighted by atomic mass is 32.2. The van der Waals surface area contributed by atoms with Crippen molar-refractivity contribution in [2.75, 3.05) is 31.1 Å². The van der Waals surface area contributed by atoms with Crippen LogP contribution in [0.15, 0.2) is 36.9 Å². The van der Waals surface area contributed by atoms with Crippen molar-refractivity contribution in [1.29, 1.82) is 0 Å². The van der Waals surface area contributed by atoms with Crippen LogP contribution in [0.25, 0.3) is 11.2 Å². The van der Waals surface area contributed by atoms with E-state index in [1.807, 2.05) is 11.5 Å². The third kappa shape index (κ3) is 3.24. The number of halogens is 1. The first kappa shape index (κ1) is 19.4. The molecule has 2 unspecified atom stereocenters. The molecular weight excluding hydrogens is 407 g/mol. The molecule has 5 rings (SSSR count). The molecule has 158 valence electrons. The summed E-state index contributed by atoms with van der Waals surface area (Å²) in [6, 6.07) is 6.05. The fraction of sp³-hybridized carbons (Fsp3) is 0.450. The molecule has 0 saturated carbocycles. The van der Waals surface area contributed by atoms with Crippen LogP contribution in [0.5, 0.6) is 0 Å². The zero-order valence-corrected chi connectivity index (χ0v) is 17.5. The Labute approximate surface area is 174 Å². The number of fused-ring (bicyclic) bond motifs is 2. The Morgan fingerprint density at radius 3 is 2.50 bits per heavy atom. The second-order valence-corrected chi connectivity index (χ2v) is 9.96. The first-order valence-electron chi connectivity index (χ1n) is 10.1. The minimum absolute atomic E-state index is 0.214. The SMILES string of the molecule is CCn1cnc2c(N3CC4CN(S(=O)(=O)Cc5ccccc5F)CC4C3)ncnc21. The predicted molar refractivity (Wildman–Crippen MR) is 111 cm³/mol. The zero-order chi connectivity index (χ0) is 20.9. The van der Waals surface area contributed by atoms with Gasteiger partial charge in [0, 0.05) is 38.3 Å². The number of aryl methyl sites for hydroxylation is 1. The maximum Gasteiger partial charge on any atom is 0.218 e. The van der Waals surface area contributed by atoms with E-state index in [0.29, 0.717) is 13.1 Å². The average molecular weight is 431 g/mol. The fourth-order valence-electron chi connectivity index (χ4n) is 4.58. The van der Waals surface area contributed by atoms with Crippen molar-refractivity contribution in [2.24, 2.45) is 11.8 Å². The molecule has 0 aliphatic carbocycles. The van der Waals surface area contributed by atoms with Gasteiger partial charge in [0.05, 0.1) is 12.1 Å². The van der Waals surface area contributed by atoms with Crippen LogP contribution >= 0.6 is 0 Å². The lowest BCUT2D eigenvalue weighted by Gasteiger charge is -2.22. The maximum atomic E-state index is 13.9. The van der Waals surface area contributed by atoms with E-state index in [0.717, 1.165) is 36.6 Å². The standard InChI is InChI=1S/C20H23FN6O2S/c1-2-25-13-24-18-19(25)22-12-23-20(18)26-7-15-9-27(10-16(15)8-26)30(28,29)11-14-5-3-4-6-17(14)21/h3-6,12-13,15-16H,2,7-11H2,1H3. The van der Waals surface area contributed by atoms with Crippen LogP contribution in [0.3, 0.4) is 0 Å². The lowest BCUT2D eigenvalue weighted by atomic mass is 10.0. The van der Waals surface area contributed by atoms with E-state index in [9.17, 15) is 12.8 Å². The Hall–Kier alpha value is -2.59. The number of imidazole rings is 1. The molecule has 3 aromatic rings. The lowest BCUT2D eigenvalue weighted by Crippen LogP contribution is -2.34. The molecule has 0 radical (unpaired) electrons. The van der Waals surface area contributed by atoms with Crippen LogP contribution < -0.4 is 4.90 Å². The molecule has 0 spiro atoms. The number of hydrogen-bond acceptors (Lipinski definition) is 6. The molecule has 10 heteroatoms. The van der Waals surface area contributed by atoms with Crippen molar-refractivity contribution in [3.63, 3.8) is 0 Å². The first-order chi connectivity index (χ1) is 14.5. The zero-order valence-electron chi connectivity index (χ0n) is 16.6. The summed E-state index contributed by atoms with van der Waals surface area (Å²) < 4.78 is 43.1. The Morgan fingerprint density at radius 2 is 1.80 bits per heavy atom. The Bertz CT molecular complexity index is 1180. The maximum absolute atomic E-state index is 13.9. The van der Waals surface area contributed by atoms with Crippen molar-refractivity contribution < 1.29 is 12.8 Å². The van der Waals surface area contributed by atoms with E-state index in [1.54, 1.807) is 24.8 Å². The summed E-state index contributed by atoms with van der Waals surface area (Å²) in [7, 11) is -3.56. The molecule has 0 amide bonds. The van der Waals surface area contributed by atoms with Crippen molar-refractivity contribution >= 4 is 27.0 Å². The van der Waals surface area contributed by atoms with E-state index in [4.69, 9.17) is 0 Å². The molecule has 2 atom stereocenters. The molecule has 30 heavy (non-hydrogen) atoms. The third-order valence-electron chi connectivity index (χ3n) is 6.16. The van der Waals surface area contributed by atoms with Gasteiger partial charge in [-0.05, 0) is 24.8 Å². The quantitative estimate of drug-likeness (QED) is 0.615. The van der Waals surface area contributed by atoms with Crippen LogP contribution in [0.1, 0.15) is 12.5 Å². The summed E-state index contributed by atoms with van der Waals surface area (Å²) >= 11 is 0. The molecule has 0 N–H and O–H groups in total. The molecular formula is C20H23FN6O2S. The molecule has 1 aromatic carbocycles. The van der Waals surface area contributed by atoms with Crippen molar-refractivity contribution in [3.8, 4) is 0 Å². The normalized spacial score (nSPS) is 22.1. The van der Waals surface area contributed by atoms with Gasteiger partial charge < -0.3 is 9.47 Å². The highest BCUT2D eigenvalue weighted by Crippen LogP contribution is 2.36. The van der Waals surface area contributed by atoms with Gasteiger partial charge in [0.25, 0.3) is 0 Å². The summed E-state index contributed by atoms with van der Waals surface area (Å²) in [6.45, 7) is 5.18. The minimum Gasteiger partial charge on any atom is -0.354 e. The molecule has 2 aliphatic rings.